The normalized spacial score (nSPS) is 22.4. The molecule has 3 aliphatic rings. The summed E-state index contributed by atoms with van der Waals surface area (Å²) in [5, 5.41) is 5.35. The zero-order valence-electron chi connectivity index (χ0n) is 28.3. The lowest BCUT2D eigenvalue weighted by Gasteiger charge is -2.27. The van der Waals surface area contributed by atoms with Crippen LogP contribution in [0.25, 0.3) is 22.0 Å². The van der Waals surface area contributed by atoms with Gasteiger partial charge in [-0.3, -0.25) is 23.9 Å². The summed E-state index contributed by atoms with van der Waals surface area (Å²) in [4.78, 5) is 64.6. The number of carbonyl (C=O) groups excluding carboxylic acids is 4. The molecule has 1 amide bonds. The average Bonchev–Trinajstić information content (AvgIpc) is 3.50. The van der Waals surface area contributed by atoms with Gasteiger partial charge in [0.15, 0.2) is 11.6 Å². The van der Waals surface area contributed by atoms with Gasteiger partial charge in [-0.15, -0.1) is 0 Å². The van der Waals surface area contributed by atoms with E-state index in [4.69, 9.17) is 16.7 Å². The molecular formula is C39H39ClFN5O4. The minimum absolute atomic E-state index is 0.00250. The molecule has 0 spiro atoms. The number of halogens is 2. The third kappa shape index (κ3) is 6.53. The van der Waals surface area contributed by atoms with Gasteiger partial charge in [-0.1, -0.05) is 35.9 Å². The van der Waals surface area contributed by atoms with Crippen molar-refractivity contribution < 1.29 is 23.6 Å². The van der Waals surface area contributed by atoms with Crippen molar-refractivity contribution in [1.29, 1.82) is 0 Å². The second-order valence-electron chi connectivity index (χ2n) is 14.0. The van der Waals surface area contributed by atoms with Gasteiger partial charge in [-0.05, 0) is 92.2 Å². The Morgan fingerprint density at radius 2 is 1.86 bits per heavy atom. The van der Waals surface area contributed by atoms with Crippen molar-refractivity contribution in [3.8, 4) is 11.1 Å². The minimum Gasteiger partial charge on any atom is -0.327 e. The van der Waals surface area contributed by atoms with Crippen LogP contribution in [0, 0.1) is 18.2 Å². The monoisotopic (exact) mass is 695 g/mol. The molecule has 2 bridgehead atoms. The fourth-order valence-electron chi connectivity index (χ4n) is 7.90. The molecule has 50 heavy (non-hydrogen) atoms. The fraction of sp³-hybridized carbons (Fsp3) is 0.410. The van der Waals surface area contributed by atoms with E-state index in [0.29, 0.717) is 54.4 Å². The zero-order valence-corrected chi connectivity index (χ0v) is 29.0. The Morgan fingerprint density at radius 1 is 1.06 bits per heavy atom. The lowest BCUT2D eigenvalue weighted by molar-refractivity contribution is -0.139. The summed E-state index contributed by atoms with van der Waals surface area (Å²) in [5.74, 6) is -0.340. The SMILES string of the molecule is CC(=O)c1nn2c3c(cc(-c4cnc(C)nc4)cc13)CC=CCCCC(=O)CC[C@@]13C[C@@H](C(=O)CCc4cccc(Cl)c4F)N(C(=O)C2)[C@@H]1C3. The Kier molecular flexibility index (Phi) is 9.24. The molecule has 2 fully saturated rings. The van der Waals surface area contributed by atoms with E-state index >= 15 is 0 Å². The zero-order chi connectivity index (χ0) is 35.2. The Hall–Kier alpha value is -4.57. The lowest BCUT2D eigenvalue weighted by atomic mass is 9.90. The molecule has 2 aliphatic heterocycles. The number of aryl methyl sites for hydroxylation is 2. The average molecular weight is 696 g/mol. The maximum absolute atomic E-state index is 14.7. The Labute approximate surface area is 294 Å². The van der Waals surface area contributed by atoms with Gasteiger partial charge in [-0.25, -0.2) is 14.4 Å². The summed E-state index contributed by atoms with van der Waals surface area (Å²) in [7, 11) is 0. The number of hydrogen-bond donors (Lipinski definition) is 0. The van der Waals surface area contributed by atoms with Crippen LogP contribution in [-0.2, 0) is 33.8 Å². The molecule has 0 N–H and O–H groups in total. The molecule has 2 aromatic heterocycles. The molecule has 0 radical (unpaired) electrons. The summed E-state index contributed by atoms with van der Waals surface area (Å²) < 4.78 is 16.3. The highest BCUT2D eigenvalue weighted by Crippen LogP contribution is 2.62. The number of Topliss-reactive ketones (excluding diaryl/α,β-unsaturated/α-hetero) is 3. The largest absolute Gasteiger partial charge is 0.327 e. The number of carbonyl (C=O) groups is 4. The van der Waals surface area contributed by atoms with Crippen LogP contribution < -0.4 is 0 Å². The molecule has 11 heteroatoms. The van der Waals surface area contributed by atoms with Gasteiger partial charge >= 0.3 is 0 Å². The van der Waals surface area contributed by atoms with Gasteiger partial charge < -0.3 is 4.90 Å². The van der Waals surface area contributed by atoms with Crippen LogP contribution in [0.15, 0.2) is 54.9 Å². The number of aromatic nitrogens is 4. The van der Waals surface area contributed by atoms with Crippen LogP contribution in [0.4, 0.5) is 4.39 Å². The van der Waals surface area contributed by atoms with E-state index in [0.717, 1.165) is 36.0 Å². The molecule has 0 unspecified atom stereocenters. The number of benzene rings is 2. The highest BCUT2D eigenvalue weighted by atomic mass is 35.5. The Balaban J connectivity index is 1.27. The topological polar surface area (TPSA) is 115 Å². The number of hydrogen-bond acceptors (Lipinski definition) is 7. The summed E-state index contributed by atoms with van der Waals surface area (Å²) in [6.07, 6.45) is 12.5. The van der Waals surface area contributed by atoms with Gasteiger partial charge in [0.1, 0.15) is 29.7 Å². The maximum atomic E-state index is 14.7. The van der Waals surface area contributed by atoms with E-state index in [2.05, 4.69) is 22.1 Å². The molecular weight excluding hydrogens is 657 g/mol. The van der Waals surface area contributed by atoms with Crippen LogP contribution in [0.3, 0.4) is 0 Å². The summed E-state index contributed by atoms with van der Waals surface area (Å²) in [6, 6.07) is 7.80. The molecule has 1 saturated heterocycles. The molecule has 3 atom stereocenters. The number of piperidine rings is 1. The van der Waals surface area contributed by atoms with Gasteiger partial charge in [0.25, 0.3) is 0 Å². The standard InChI is InChI=1S/C39H39ClFN5O4/c1-23(47)37-30-17-27(28-20-42-24(2)43-21-28)16-26-8-5-3-4-6-10-29(48)14-15-39-18-32(33(49)13-12-25-9-7-11-31(40)36(25)41)46(34(39)19-39)35(50)22-45(44-37)38(26)30/h3,5,7,9,11,16-17,20-21,32,34H,4,6,8,10,12-15,18-19,22H2,1-2H3/t32-,34+,39-/m0/s1. The van der Waals surface area contributed by atoms with Gasteiger partial charge in [0.2, 0.25) is 5.91 Å². The summed E-state index contributed by atoms with van der Waals surface area (Å²) in [5.41, 5.74) is 3.50. The van der Waals surface area contributed by atoms with E-state index in [1.165, 1.54) is 13.0 Å². The summed E-state index contributed by atoms with van der Waals surface area (Å²) in [6.45, 7) is 3.12. The Morgan fingerprint density at radius 3 is 2.64 bits per heavy atom. The van der Waals surface area contributed by atoms with Crippen molar-refractivity contribution in [2.45, 2.75) is 96.7 Å². The van der Waals surface area contributed by atoms with Crippen LogP contribution in [0.5, 0.6) is 0 Å². The second-order valence-corrected chi connectivity index (χ2v) is 14.4. The van der Waals surface area contributed by atoms with Crippen molar-refractivity contribution in [3.63, 3.8) is 0 Å². The molecule has 1 aliphatic carbocycles. The predicted octanol–water partition coefficient (Wildman–Crippen LogP) is 6.99. The minimum atomic E-state index is -0.692. The Bertz CT molecular complexity index is 2060. The smallest absolute Gasteiger partial charge is 0.245 e. The molecule has 2 aromatic carbocycles. The van der Waals surface area contributed by atoms with Crippen LogP contribution >= 0.6 is 11.6 Å². The molecule has 4 heterocycles. The van der Waals surface area contributed by atoms with E-state index in [1.807, 2.05) is 19.1 Å². The molecule has 4 aromatic rings. The van der Waals surface area contributed by atoms with E-state index in [1.54, 1.807) is 34.1 Å². The maximum Gasteiger partial charge on any atom is 0.245 e. The van der Waals surface area contributed by atoms with Crippen molar-refractivity contribution in [2.75, 3.05) is 0 Å². The number of allylic oxidation sites excluding steroid dienone is 2. The molecule has 9 nitrogen and oxygen atoms in total. The van der Waals surface area contributed by atoms with Crippen molar-refractivity contribution in [2.24, 2.45) is 5.41 Å². The lowest BCUT2D eigenvalue weighted by Crippen LogP contribution is -2.44. The molecule has 258 valence electrons. The fourth-order valence-corrected chi connectivity index (χ4v) is 8.10. The quantitative estimate of drug-likeness (QED) is 0.158. The van der Waals surface area contributed by atoms with Crippen molar-refractivity contribution in [3.05, 3.63) is 88.4 Å². The van der Waals surface area contributed by atoms with Crippen molar-refractivity contribution in [1.82, 2.24) is 24.6 Å². The first-order valence-electron chi connectivity index (χ1n) is 17.3. The summed E-state index contributed by atoms with van der Waals surface area (Å²) >= 11 is 5.99. The first kappa shape index (κ1) is 33.9. The molecule has 1 saturated carbocycles. The van der Waals surface area contributed by atoms with Crippen LogP contribution in [-0.4, -0.2) is 60.0 Å². The van der Waals surface area contributed by atoms with E-state index in [-0.39, 0.29) is 64.8 Å². The highest BCUT2D eigenvalue weighted by Gasteiger charge is 2.66. The first-order valence-corrected chi connectivity index (χ1v) is 17.7. The van der Waals surface area contributed by atoms with Crippen LogP contribution in [0.1, 0.15) is 85.7 Å². The van der Waals surface area contributed by atoms with E-state index in [9.17, 15) is 23.6 Å². The van der Waals surface area contributed by atoms with Crippen molar-refractivity contribution >= 4 is 45.8 Å². The van der Waals surface area contributed by atoms with Gasteiger partial charge in [0.05, 0.1) is 16.6 Å². The third-order valence-electron chi connectivity index (χ3n) is 10.6. The second kappa shape index (κ2) is 13.6. The number of amides is 1. The number of nitrogens with zero attached hydrogens (tertiary/aromatic N) is 5. The number of rotatable bonds is 6. The van der Waals surface area contributed by atoms with Crippen LogP contribution in [0.2, 0.25) is 5.02 Å². The highest BCUT2D eigenvalue weighted by molar-refractivity contribution is 6.30. The third-order valence-corrected chi connectivity index (χ3v) is 10.9. The first-order chi connectivity index (χ1) is 24.0. The predicted molar refractivity (Wildman–Crippen MR) is 187 cm³/mol. The number of ketones is 3. The van der Waals surface area contributed by atoms with Gasteiger partial charge in [-0.2, -0.15) is 5.10 Å². The van der Waals surface area contributed by atoms with E-state index < -0.39 is 11.9 Å². The molecule has 7 rings (SSSR count). The van der Waals surface area contributed by atoms with Gasteiger partial charge in [0, 0.05) is 55.6 Å².